The molecular weight excluding hydrogens is 285 g/mol. The first-order chi connectivity index (χ1) is 10.7. The number of rotatable bonds is 2. The standard InChI is InChI=1S/C17H14FNO3/c18-13-6-5-12(17-21-7-8-22-17)9-15(13)19-14-4-2-1-3-11(14)10-16(19)20/h1-2,4-9,11,17H,3,10H2. The molecule has 1 aromatic carbocycles. The summed E-state index contributed by atoms with van der Waals surface area (Å²) in [6.07, 6.45) is 9.35. The van der Waals surface area contributed by atoms with Gasteiger partial charge in [-0.3, -0.25) is 9.69 Å². The second kappa shape index (κ2) is 5.02. The number of hydrogen-bond donors (Lipinski definition) is 0. The van der Waals surface area contributed by atoms with E-state index in [0.717, 1.165) is 12.1 Å². The fourth-order valence-corrected chi connectivity index (χ4v) is 3.07. The average Bonchev–Trinajstić information content (AvgIpc) is 3.15. The molecular formula is C17H14FNO3. The molecule has 1 saturated heterocycles. The zero-order valence-corrected chi connectivity index (χ0v) is 11.7. The Morgan fingerprint density at radius 2 is 2.05 bits per heavy atom. The zero-order valence-electron chi connectivity index (χ0n) is 11.7. The number of carbonyl (C=O) groups is 1. The second-order valence-electron chi connectivity index (χ2n) is 5.47. The van der Waals surface area contributed by atoms with Gasteiger partial charge in [-0.1, -0.05) is 12.2 Å². The Morgan fingerprint density at radius 1 is 1.23 bits per heavy atom. The van der Waals surface area contributed by atoms with Crippen molar-refractivity contribution in [3.63, 3.8) is 0 Å². The Kier molecular flexibility index (Phi) is 2.99. The highest BCUT2D eigenvalue weighted by Crippen LogP contribution is 2.40. The second-order valence-corrected chi connectivity index (χ2v) is 5.47. The summed E-state index contributed by atoms with van der Waals surface area (Å²) in [5.74, 6) is -0.372. The maximum atomic E-state index is 14.3. The molecule has 0 aromatic heterocycles. The number of amides is 1. The van der Waals surface area contributed by atoms with Crippen LogP contribution in [0.5, 0.6) is 0 Å². The van der Waals surface area contributed by atoms with Gasteiger partial charge in [-0.25, -0.2) is 4.39 Å². The first-order valence-corrected chi connectivity index (χ1v) is 7.19. The van der Waals surface area contributed by atoms with Crippen LogP contribution >= 0.6 is 0 Å². The van der Waals surface area contributed by atoms with Gasteiger partial charge < -0.3 is 9.47 Å². The van der Waals surface area contributed by atoms with E-state index in [1.165, 1.54) is 23.5 Å². The number of nitrogens with zero attached hydrogens (tertiary/aromatic N) is 1. The van der Waals surface area contributed by atoms with E-state index in [9.17, 15) is 9.18 Å². The molecule has 112 valence electrons. The maximum Gasteiger partial charge on any atom is 0.266 e. The molecule has 3 aliphatic rings. The van der Waals surface area contributed by atoms with Crippen LogP contribution in [-0.2, 0) is 14.3 Å². The molecule has 0 bridgehead atoms. The summed E-state index contributed by atoms with van der Waals surface area (Å²) in [5, 5.41) is 0. The molecule has 1 aliphatic carbocycles. The molecule has 1 fully saturated rings. The van der Waals surface area contributed by atoms with Crippen molar-refractivity contribution in [2.45, 2.75) is 19.1 Å². The van der Waals surface area contributed by atoms with E-state index in [-0.39, 0.29) is 17.5 Å². The molecule has 0 saturated carbocycles. The predicted molar refractivity (Wildman–Crippen MR) is 77.9 cm³/mol. The van der Waals surface area contributed by atoms with E-state index >= 15 is 0 Å². The largest absolute Gasteiger partial charge is 0.455 e. The summed E-state index contributed by atoms with van der Waals surface area (Å²) in [6, 6.07) is 4.56. The Balaban J connectivity index is 1.74. The molecule has 0 N–H and O–H groups in total. The van der Waals surface area contributed by atoms with E-state index < -0.39 is 12.1 Å². The number of halogens is 1. The smallest absolute Gasteiger partial charge is 0.266 e. The van der Waals surface area contributed by atoms with Gasteiger partial charge in [-0.15, -0.1) is 0 Å². The van der Waals surface area contributed by atoms with Gasteiger partial charge in [0.2, 0.25) is 5.91 Å². The molecule has 4 rings (SSSR count). The third-order valence-corrected chi connectivity index (χ3v) is 4.11. The molecule has 1 amide bonds. The summed E-state index contributed by atoms with van der Waals surface area (Å²) >= 11 is 0. The lowest BCUT2D eigenvalue weighted by atomic mass is 9.97. The van der Waals surface area contributed by atoms with Crippen LogP contribution in [0.1, 0.15) is 24.7 Å². The third kappa shape index (κ3) is 2.01. The molecule has 0 spiro atoms. The molecule has 22 heavy (non-hydrogen) atoms. The topological polar surface area (TPSA) is 38.8 Å². The van der Waals surface area contributed by atoms with Crippen molar-refractivity contribution < 1.29 is 18.7 Å². The van der Waals surface area contributed by atoms with Gasteiger partial charge in [-0.2, -0.15) is 0 Å². The minimum absolute atomic E-state index is 0.0811. The normalized spacial score (nSPS) is 23.3. The summed E-state index contributed by atoms with van der Waals surface area (Å²) in [4.78, 5) is 13.8. The molecule has 5 heteroatoms. The quantitative estimate of drug-likeness (QED) is 0.838. The Hall–Kier alpha value is -2.56. The Morgan fingerprint density at radius 3 is 2.86 bits per heavy atom. The monoisotopic (exact) mass is 299 g/mol. The lowest BCUT2D eigenvalue weighted by Crippen LogP contribution is -2.24. The van der Waals surface area contributed by atoms with Gasteiger partial charge in [0.05, 0.1) is 5.69 Å². The minimum atomic E-state index is -0.590. The number of carbonyl (C=O) groups excluding carboxylic acids is 1. The van der Waals surface area contributed by atoms with Crippen molar-refractivity contribution in [2.75, 3.05) is 4.90 Å². The number of anilines is 1. The molecule has 2 aliphatic heterocycles. The highest BCUT2D eigenvalue weighted by molar-refractivity contribution is 6.00. The number of fused-ring (bicyclic) bond motifs is 1. The van der Waals surface area contributed by atoms with E-state index in [0.29, 0.717) is 12.0 Å². The molecule has 0 radical (unpaired) electrons. The molecule has 1 aromatic rings. The summed E-state index contributed by atoms with van der Waals surface area (Å²) in [6.45, 7) is 0. The fourth-order valence-electron chi connectivity index (χ4n) is 3.07. The van der Waals surface area contributed by atoms with Crippen LogP contribution in [0.15, 0.2) is 54.6 Å². The van der Waals surface area contributed by atoms with Gasteiger partial charge >= 0.3 is 0 Å². The van der Waals surface area contributed by atoms with Crippen molar-refractivity contribution in [2.24, 2.45) is 5.92 Å². The van der Waals surface area contributed by atoms with Gasteiger partial charge in [0.15, 0.2) is 0 Å². The fraction of sp³-hybridized carbons (Fsp3) is 0.235. The summed E-state index contributed by atoms with van der Waals surface area (Å²) < 4.78 is 24.9. The first kappa shape index (κ1) is 13.1. The number of allylic oxidation sites excluding steroid dienone is 4. The number of ether oxygens (including phenoxy) is 2. The average molecular weight is 299 g/mol. The van der Waals surface area contributed by atoms with Crippen LogP contribution in [0.25, 0.3) is 0 Å². The zero-order chi connectivity index (χ0) is 15.1. The van der Waals surface area contributed by atoms with E-state index in [4.69, 9.17) is 9.47 Å². The van der Waals surface area contributed by atoms with Crippen molar-refractivity contribution in [1.29, 1.82) is 0 Å². The first-order valence-electron chi connectivity index (χ1n) is 7.19. The van der Waals surface area contributed by atoms with Crippen molar-refractivity contribution in [3.8, 4) is 0 Å². The van der Waals surface area contributed by atoms with Gasteiger partial charge in [-0.05, 0) is 30.7 Å². The maximum absolute atomic E-state index is 14.3. The highest BCUT2D eigenvalue weighted by atomic mass is 19.1. The number of hydrogen-bond acceptors (Lipinski definition) is 3. The Labute approximate surface area is 127 Å². The van der Waals surface area contributed by atoms with Gasteiger partial charge in [0, 0.05) is 23.6 Å². The predicted octanol–water partition coefficient (Wildman–Crippen LogP) is 3.54. The minimum Gasteiger partial charge on any atom is -0.455 e. The summed E-state index contributed by atoms with van der Waals surface area (Å²) in [5.41, 5.74) is 1.78. The lowest BCUT2D eigenvalue weighted by Gasteiger charge is -2.23. The van der Waals surface area contributed by atoms with Crippen LogP contribution in [0.3, 0.4) is 0 Å². The lowest BCUT2D eigenvalue weighted by molar-refractivity contribution is -0.117. The van der Waals surface area contributed by atoms with Crippen molar-refractivity contribution in [1.82, 2.24) is 0 Å². The van der Waals surface area contributed by atoms with Crippen LogP contribution in [0.4, 0.5) is 10.1 Å². The van der Waals surface area contributed by atoms with Crippen LogP contribution < -0.4 is 4.90 Å². The molecule has 1 unspecified atom stereocenters. The van der Waals surface area contributed by atoms with Gasteiger partial charge in [0.25, 0.3) is 6.29 Å². The van der Waals surface area contributed by atoms with E-state index in [1.807, 2.05) is 18.2 Å². The van der Waals surface area contributed by atoms with E-state index in [2.05, 4.69) is 0 Å². The molecule has 4 nitrogen and oxygen atoms in total. The summed E-state index contributed by atoms with van der Waals surface area (Å²) in [7, 11) is 0. The van der Waals surface area contributed by atoms with E-state index in [1.54, 1.807) is 12.1 Å². The number of benzene rings is 1. The van der Waals surface area contributed by atoms with Crippen LogP contribution in [0, 0.1) is 11.7 Å². The highest BCUT2D eigenvalue weighted by Gasteiger charge is 2.37. The Bertz CT molecular complexity index is 715. The van der Waals surface area contributed by atoms with Crippen LogP contribution in [-0.4, -0.2) is 5.91 Å². The molecule has 2 heterocycles. The van der Waals surface area contributed by atoms with Gasteiger partial charge in [0.1, 0.15) is 18.3 Å². The molecule has 1 atom stereocenters. The SMILES string of the molecule is O=C1CC2CC=CC=C2N1c1cc(C2OC=CO2)ccc1F. The van der Waals surface area contributed by atoms with Crippen molar-refractivity contribution in [3.05, 3.63) is 66.0 Å². The van der Waals surface area contributed by atoms with Crippen molar-refractivity contribution >= 4 is 11.6 Å². The third-order valence-electron chi connectivity index (χ3n) is 4.11. The van der Waals surface area contributed by atoms with Crippen LogP contribution in [0.2, 0.25) is 0 Å².